The van der Waals surface area contributed by atoms with Gasteiger partial charge < -0.3 is 9.88 Å². The van der Waals surface area contributed by atoms with Gasteiger partial charge in [-0.3, -0.25) is 4.90 Å². The summed E-state index contributed by atoms with van der Waals surface area (Å²) in [7, 11) is 6.42. The first-order valence-electron chi connectivity index (χ1n) is 8.46. The fourth-order valence-electron chi connectivity index (χ4n) is 3.87. The predicted molar refractivity (Wildman–Crippen MR) is 88.1 cm³/mol. The van der Waals surface area contributed by atoms with E-state index < -0.39 is 0 Å². The average Bonchev–Trinajstić information content (AvgIpc) is 2.85. The molecule has 1 heterocycles. The maximum absolute atomic E-state index is 4.44. The fraction of sp³-hybridized carbons (Fsp3) is 0.824. The zero-order chi connectivity index (χ0) is 15.2. The second kappa shape index (κ2) is 7.95. The van der Waals surface area contributed by atoms with Gasteiger partial charge in [0.25, 0.3) is 0 Å². The molecule has 1 N–H and O–H groups in total. The van der Waals surface area contributed by atoms with E-state index in [4.69, 9.17) is 0 Å². The Morgan fingerprint density at radius 1 is 1.43 bits per heavy atom. The number of nitrogens with one attached hydrogen (secondary N) is 1. The van der Waals surface area contributed by atoms with Crippen molar-refractivity contribution in [2.24, 2.45) is 18.9 Å². The molecule has 0 aromatic carbocycles. The number of hydrogen-bond donors (Lipinski definition) is 1. The normalized spacial score (nSPS) is 26.4. The van der Waals surface area contributed by atoms with Gasteiger partial charge in [-0.2, -0.15) is 0 Å². The van der Waals surface area contributed by atoms with E-state index in [2.05, 4.69) is 47.8 Å². The highest BCUT2D eigenvalue weighted by atomic mass is 15.2. The van der Waals surface area contributed by atoms with Crippen LogP contribution in [0.15, 0.2) is 12.4 Å². The van der Waals surface area contributed by atoms with Gasteiger partial charge in [-0.15, -0.1) is 0 Å². The van der Waals surface area contributed by atoms with Crippen molar-refractivity contribution >= 4 is 0 Å². The molecule has 3 unspecified atom stereocenters. The van der Waals surface area contributed by atoms with Gasteiger partial charge in [0.05, 0.1) is 6.54 Å². The predicted octanol–water partition coefficient (Wildman–Crippen LogP) is 2.66. The molecule has 1 fully saturated rings. The first-order valence-corrected chi connectivity index (χ1v) is 8.46. The third-order valence-corrected chi connectivity index (χ3v) is 5.04. The van der Waals surface area contributed by atoms with E-state index in [-0.39, 0.29) is 0 Å². The van der Waals surface area contributed by atoms with E-state index in [1.807, 2.05) is 12.4 Å². The fourth-order valence-corrected chi connectivity index (χ4v) is 3.87. The second-order valence-electron chi connectivity index (χ2n) is 6.77. The van der Waals surface area contributed by atoms with Crippen molar-refractivity contribution in [1.29, 1.82) is 0 Å². The third-order valence-electron chi connectivity index (χ3n) is 5.04. The number of nitrogens with zero attached hydrogens (tertiary/aromatic N) is 3. The van der Waals surface area contributed by atoms with E-state index in [0.29, 0.717) is 6.04 Å². The number of imidazole rings is 1. The van der Waals surface area contributed by atoms with Crippen LogP contribution in [0.4, 0.5) is 0 Å². The Bertz CT molecular complexity index is 415. The minimum atomic E-state index is 0.682. The van der Waals surface area contributed by atoms with Crippen molar-refractivity contribution < 1.29 is 0 Å². The van der Waals surface area contributed by atoms with Crippen LogP contribution in [0.25, 0.3) is 0 Å². The second-order valence-corrected chi connectivity index (χ2v) is 6.77. The molecule has 120 valence electrons. The van der Waals surface area contributed by atoms with Crippen LogP contribution >= 0.6 is 0 Å². The standard InChI is InChI=1S/C17H32N4/c1-5-6-14-7-8-16(18-2)15(11-14)12-20(3)13-17-19-9-10-21(17)4/h9-10,14-16,18H,5-8,11-13H2,1-4H3. The first-order chi connectivity index (χ1) is 10.1. The molecule has 4 nitrogen and oxygen atoms in total. The van der Waals surface area contributed by atoms with Gasteiger partial charge >= 0.3 is 0 Å². The van der Waals surface area contributed by atoms with Crippen LogP contribution in [-0.2, 0) is 13.6 Å². The molecule has 3 atom stereocenters. The lowest BCUT2D eigenvalue weighted by atomic mass is 9.76. The molecular weight excluding hydrogens is 260 g/mol. The minimum absolute atomic E-state index is 0.682. The van der Waals surface area contributed by atoms with E-state index in [1.165, 1.54) is 38.6 Å². The molecule has 1 saturated carbocycles. The number of hydrogen-bond acceptors (Lipinski definition) is 3. The summed E-state index contributed by atoms with van der Waals surface area (Å²) in [6.45, 7) is 4.42. The molecule has 1 aliphatic carbocycles. The number of rotatable bonds is 7. The summed E-state index contributed by atoms with van der Waals surface area (Å²) in [5, 5.41) is 3.54. The quantitative estimate of drug-likeness (QED) is 0.839. The highest BCUT2D eigenvalue weighted by Gasteiger charge is 2.29. The monoisotopic (exact) mass is 292 g/mol. The van der Waals surface area contributed by atoms with Crippen molar-refractivity contribution in [3.63, 3.8) is 0 Å². The highest BCUT2D eigenvalue weighted by Crippen LogP contribution is 2.32. The summed E-state index contributed by atoms with van der Waals surface area (Å²) in [4.78, 5) is 6.87. The van der Waals surface area contributed by atoms with E-state index >= 15 is 0 Å². The lowest BCUT2D eigenvalue weighted by Crippen LogP contribution is -2.43. The van der Waals surface area contributed by atoms with Gasteiger partial charge in [-0.25, -0.2) is 4.98 Å². The Balaban J connectivity index is 1.89. The molecule has 0 saturated heterocycles. The van der Waals surface area contributed by atoms with Gasteiger partial charge in [-0.05, 0) is 45.2 Å². The Morgan fingerprint density at radius 2 is 2.24 bits per heavy atom. The van der Waals surface area contributed by atoms with Gasteiger partial charge in [0.15, 0.2) is 0 Å². The smallest absolute Gasteiger partial charge is 0.122 e. The molecule has 2 rings (SSSR count). The van der Waals surface area contributed by atoms with E-state index in [9.17, 15) is 0 Å². The van der Waals surface area contributed by atoms with Crippen molar-refractivity contribution in [2.75, 3.05) is 20.6 Å². The van der Waals surface area contributed by atoms with Gasteiger partial charge in [0.1, 0.15) is 5.82 Å². The summed E-state index contributed by atoms with van der Waals surface area (Å²) in [6.07, 6.45) is 10.8. The van der Waals surface area contributed by atoms with Crippen LogP contribution in [0.2, 0.25) is 0 Å². The molecule has 0 amide bonds. The Labute approximate surface area is 129 Å². The molecule has 21 heavy (non-hydrogen) atoms. The largest absolute Gasteiger partial charge is 0.337 e. The minimum Gasteiger partial charge on any atom is -0.337 e. The molecule has 1 aromatic rings. The molecule has 0 spiro atoms. The lowest BCUT2D eigenvalue weighted by Gasteiger charge is -2.38. The van der Waals surface area contributed by atoms with Crippen LogP contribution in [0.5, 0.6) is 0 Å². The van der Waals surface area contributed by atoms with E-state index in [0.717, 1.165) is 24.2 Å². The van der Waals surface area contributed by atoms with E-state index in [1.54, 1.807) is 0 Å². The number of aryl methyl sites for hydroxylation is 1. The summed E-state index contributed by atoms with van der Waals surface area (Å²) in [5.74, 6) is 2.86. The Kier molecular flexibility index (Phi) is 6.24. The van der Waals surface area contributed by atoms with Crippen LogP contribution in [0.3, 0.4) is 0 Å². The molecule has 1 aliphatic rings. The summed E-state index contributed by atoms with van der Waals surface area (Å²) >= 11 is 0. The molecule has 0 radical (unpaired) electrons. The van der Waals surface area contributed by atoms with Gasteiger partial charge in [0.2, 0.25) is 0 Å². The van der Waals surface area contributed by atoms with Crippen molar-refractivity contribution in [2.45, 2.75) is 51.6 Å². The zero-order valence-electron chi connectivity index (χ0n) is 14.2. The molecule has 0 bridgehead atoms. The number of aromatic nitrogens is 2. The maximum Gasteiger partial charge on any atom is 0.122 e. The van der Waals surface area contributed by atoms with Crippen molar-refractivity contribution in [3.8, 4) is 0 Å². The molecular formula is C17H32N4. The van der Waals surface area contributed by atoms with Crippen molar-refractivity contribution in [1.82, 2.24) is 19.8 Å². The topological polar surface area (TPSA) is 33.1 Å². The molecule has 4 heteroatoms. The van der Waals surface area contributed by atoms with Crippen LogP contribution in [-0.4, -0.2) is 41.1 Å². The van der Waals surface area contributed by atoms with Crippen LogP contribution in [0, 0.1) is 11.8 Å². The Hall–Kier alpha value is -0.870. The van der Waals surface area contributed by atoms with Crippen LogP contribution in [0.1, 0.15) is 44.9 Å². The third kappa shape index (κ3) is 4.55. The summed E-state index contributed by atoms with van der Waals surface area (Å²) in [6, 6.07) is 0.682. The SMILES string of the molecule is CCCC1CCC(NC)C(CN(C)Cc2nccn2C)C1. The van der Waals surface area contributed by atoms with Gasteiger partial charge in [0, 0.05) is 32.0 Å². The lowest BCUT2D eigenvalue weighted by molar-refractivity contribution is 0.149. The molecule has 0 aliphatic heterocycles. The maximum atomic E-state index is 4.44. The highest BCUT2D eigenvalue weighted by molar-refractivity contribution is 4.92. The molecule has 1 aromatic heterocycles. The summed E-state index contributed by atoms with van der Waals surface area (Å²) < 4.78 is 2.12. The van der Waals surface area contributed by atoms with Crippen LogP contribution < -0.4 is 5.32 Å². The average molecular weight is 292 g/mol. The zero-order valence-corrected chi connectivity index (χ0v) is 14.2. The van der Waals surface area contributed by atoms with Gasteiger partial charge in [-0.1, -0.05) is 19.8 Å². The Morgan fingerprint density at radius 3 is 2.86 bits per heavy atom. The van der Waals surface area contributed by atoms with Crippen molar-refractivity contribution in [3.05, 3.63) is 18.2 Å². The first kappa shape index (κ1) is 16.5. The summed E-state index contributed by atoms with van der Waals surface area (Å²) in [5.41, 5.74) is 0.